The predicted octanol–water partition coefficient (Wildman–Crippen LogP) is 0.798. The lowest BCUT2D eigenvalue weighted by molar-refractivity contribution is 0.0951. The van der Waals surface area contributed by atoms with Crippen LogP contribution in [-0.2, 0) is 6.54 Å². The van der Waals surface area contributed by atoms with Gasteiger partial charge >= 0.3 is 0 Å². The van der Waals surface area contributed by atoms with E-state index < -0.39 is 0 Å². The van der Waals surface area contributed by atoms with Crippen LogP contribution in [-0.4, -0.2) is 26.1 Å². The molecule has 7 nitrogen and oxygen atoms in total. The first kappa shape index (κ1) is 11.3. The molecular formula is C12H12N6O. The van der Waals surface area contributed by atoms with Crippen molar-refractivity contribution in [3.63, 3.8) is 0 Å². The summed E-state index contributed by atoms with van der Waals surface area (Å²) in [5.41, 5.74) is 8.63. The second-order valence-corrected chi connectivity index (χ2v) is 4.13. The minimum Gasteiger partial charge on any atom is -0.384 e. The number of amides is 1. The first-order valence-corrected chi connectivity index (χ1v) is 5.73. The number of carbonyl (C=O) groups is 1. The lowest BCUT2D eigenvalue weighted by atomic mass is 10.2. The Bertz CT molecular complexity index is 728. The third-order valence-corrected chi connectivity index (χ3v) is 2.87. The second kappa shape index (κ2) is 4.45. The number of anilines is 1. The van der Waals surface area contributed by atoms with Crippen LogP contribution in [0.5, 0.6) is 0 Å². The average Bonchev–Trinajstić information content (AvgIpc) is 3.03. The van der Waals surface area contributed by atoms with E-state index in [9.17, 15) is 4.79 Å². The lowest BCUT2D eigenvalue weighted by Gasteiger charge is -2.04. The summed E-state index contributed by atoms with van der Waals surface area (Å²) in [6, 6.07) is 5.29. The van der Waals surface area contributed by atoms with Gasteiger partial charge in [0.2, 0.25) is 0 Å². The van der Waals surface area contributed by atoms with Crippen LogP contribution in [0.25, 0.3) is 11.0 Å². The van der Waals surface area contributed by atoms with Gasteiger partial charge in [0, 0.05) is 17.7 Å². The summed E-state index contributed by atoms with van der Waals surface area (Å²) in [6.07, 6.45) is 3.19. The molecule has 0 aliphatic rings. The van der Waals surface area contributed by atoms with Crippen molar-refractivity contribution < 1.29 is 4.79 Å². The Morgan fingerprint density at radius 2 is 2.32 bits per heavy atom. The molecule has 3 aromatic rings. The van der Waals surface area contributed by atoms with Crippen molar-refractivity contribution in [2.24, 2.45) is 0 Å². The van der Waals surface area contributed by atoms with Crippen molar-refractivity contribution in [3.8, 4) is 0 Å². The topological polar surface area (TPSA) is 112 Å². The van der Waals surface area contributed by atoms with Crippen LogP contribution in [0.4, 0.5) is 5.82 Å². The monoisotopic (exact) mass is 256 g/mol. The maximum Gasteiger partial charge on any atom is 0.251 e. The van der Waals surface area contributed by atoms with E-state index in [0.29, 0.717) is 17.9 Å². The molecule has 19 heavy (non-hydrogen) atoms. The smallest absolute Gasteiger partial charge is 0.251 e. The van der Waals surface area contributed by atoms with Crippen LogP contribution in [0.2, 0.25) is 0 Å². The highest BCUT2D eigenvalue weighted by Gasteiger charge is 2.08. The van der Waals surface area contributed by atoms with Crippen LogP contribution < -0.4 is 11.1 Å². The molecule has 96 valence electrons. The van der Waals surface area contributed by atoms with E-state index in [4.69, 9.17) is 5.73 Å². The van der Waals surface area contributed by atoms with E-state index in [1.165, 1.54) is 0 Å². The number of hydrogen-bond donors (Lipinski definition) is 4. The molecule has 0 aliphatic heterocycles. The second-order valence-electron chi connectivity index (χ2n) is 4.13. The van der Waals surface area contributed by atoms with Gasteiger partial charge in [-0.2, -0.15) is 5.10 Å². The number of rotatable bonds is 3. The maximum atomic E-state index is 12.0. The fourth-order valence-corrected chi connectivity index (χ4v) is 1.82. The standard InChI is InChI=1S/C12H12N6O/c13-11-8(5-17-18-11)4-14-12(19)7-1-2-9-10(3-7)16-6-15-9/h1-3,5-6H,4H2,(H,14,19)(H,15,16)(H3,13,17,18). The number of nitrogen functional groups attached to an aromatic ring is 1. The fourth-order valence-electron chi connectivity index (χ4n) is 1.82. The molecule has 0 bridgehead atoms. The van der Waals surface area contributed by atoms with E-state index >= 15 is 0 Å². The first-order chi connectivity index (χ1) is 9.24. The van der Waals surface area contributed by atoms with Gasteiger partial charge in [-0.3, -0.25) is 9.89 Å². The zero-order valence-corrected chi connectivity index (χ0v) is 9.97. The number of carbonyl (C=O) groups excluding carboxylic acids is 1. The third-order valence-electron chi connectivity index (χ3n) is 2.87. The minimum atomic E-state index is -0.169. The van der Waals surface area contributed by atoms with Gasteiger partial charge in [-0.05, 0) is 18.2 Å². The number of benzene rings is 1. The van der Waals surface area contributed by atoms with E-state index in [2.05, 4.69) is 25.5 Å². The normalized spacial score (nSPS) is 10.7. The molecule has 0 unspecified atom stereocenters. The van der Waals surface area contributed by atoms with Gasteiger partial charge in [0.15, 0.2) is 0 Å². The summed E-state index contributed by atoms with van der Waals surface area (Å²) in [5, 5.41) is 9.19. The molecule has 5 N–H and O–H groups in total. The van der Waals surface area contributed by atoms with Crippen molar-refractivity contribution in [2.45, 2.75) is 6.54 Å². The molecule has 0 radical (unpaired) electrons. The van der Waals surface area contributed by atoms with Gasteiger partial charge in [0.05, 0.1) is 23.6 Å². The number of imidazole rings is 1. The lowest BCUT2D eigenvalue weighted by Crippen LogP contribution is -2.22. The van der Waals surface area contributed by atoms with Gasteiger partial charge in [-0.1, -0.05) is 0 Å². The molecule has 2 heterocycles. The van der Waals surface area contributed by atoms with Crippen molar-refractivity contribution in [3.05, 3.63) is 41.9 Å². The molecule has 2 aromatic heterocycles. The first-order valence-electron chi connectivity index (χ1n) is 5.73. The summed E-state index contributed by atoms with van der Waals surface area (Å²) in [4.78, 5) is 19.1. The Morgan fingerprint density at radius 3 is 3.11 bits per heavy atom. The summed E-state index contributed by atoms with van der Waals surface area (Å²) < 4.78 is 0. The van der Waals surface area contributed by atoms with Crippen LogP contribution >= 0.6 is 0 Å². The van der Waals surface area contributed by atoms with Crippen LogP contribution in [0.15, 0.2) is 30.7 Å². The van der Waals surface area contributed by atoms with Crippen LogP contribution in [0.3, 0.4) is 0 Å². The SMILES string of the molecule is Nc1[nH]ncc1CNC(=O)c1ccc2nc[nH]c2c1. The van der Waals surface area contributed by atoms with Crippen molar-refractivity contribution in [1.82, 2.24) is 25.5 Å². The van der Waals surface area contributed by atoms with Crippen LogP contribution in [0, 0.1) is 0 Å². The van der Waals surface area contributed by atoms with Crippen molar-refractivity contribution in [1.29, 1.82) is 0 Å². The Morgan fingerprint density at radius 1 is 1.42 bits per heavy atom. The Balaban J connectivity index is 1.74. The average molecular weight is 256 g/mol. The molecule has 0 fully saturated rings. The Labute approximate surface area is 108 Å². The molecular weight excluding hydrogens is 244 g/mol. The highest BCUT2D eigenvalue weighted by atomic mass is 16.1. The molecule has 0 atom stereocenters. The van der Waals surface area contributed by atoms with E-state index in [1.54, 1.807) is 30.7 Å². The van der Waals surface area contributed by atoms with Gasteiger partial charge in [-0.15, -0.1) is 0 Å². The number of aromatic nitrogens is 4. The van der Waals surface area contributed by atoms with Gasteiger partial charge < -0.3 is 16.0 Å². The number of nitrogens with two attached hydrogens (primary N) is 1. The van der Waals surface area contributed by atoms with Gasteiger partial charge in [-0.25, -0.2) is 4.98 Å². The Hall–Kier alpha value is -2.83. The zero-order chi connectivity index (χ0) is 13.2. The molecule has 1 aromatic carbocycles. The Kier molecular flexibility index (Phi) is 2.64. The molecule has 0 aliphatic carbocycles. The number of fused-ring (bicyclic) bond motifs is 1. The number of aromatic amines is 2. The largest absolute Gasteiger partial charge is 0.384 e. The van der Waals surface area contributed by atoms with E-state index in [0.717, 1.165) is 16.6 Å². The third kappa shape index (κ3) is 2.13. The number of nitrogens with one attached hydrogen (secondary N) is 3. The molecule has 0 saturated heterocycles. The molecule has 3 rings (SSSR count). The fraction of sp³-hybridized carbons (Fsp3) is 0.0833. The minimum absolute atomic E-state index is 0.169. The number of H-pyrrole nitrogens is 2. The van der Waals surface area contributed by atoms with Gasteiger partial charge in [0.1, 0.15) is 5.82 Å². The van der Waals surface area contributed by atoms with Crippen molar-refractivity contribution >= 4 is 22.8 Å². The summed E-state index contributed by atoms with van der Waals surface area (Å²) in [5.74, 6) is 0.293. The van der Waals surface area contributed by atoms with Crippen molar-refractivity contribution in [2.75, 3.05) is 5.73 Å². The van der Waals surface area contributed by atoms with Gasteiger partial charge in [0.25, 0.3) is 5.91 Å². The summed E-state index contributed by atoms with van der Waals surface area (Å²) >= 11 is 0. The molecule has 7 heteroatoms. The highest BCUT2D eigenvalue weighted by molar-refractivity contribution is 5.97. The quantitative estimate of drug-likeness (QED) is 0.555. The van der Waals surface area contributed by atoms with E-state index in [-0.39, 0.29) is 5.91 Å². The summed E-state index contributed by atoms with van der Waals surface area (Å²) in [7, 11) is 0. The highest BCUT2D eigenvalue weighted by Crippen LogP contribution is 2.12. The van der Waals surface area contributed by atoms with E-state index in [1.807, 2.05) is 0 Å². The van der Waals surface area contributed by atoms with Crippen LogP contribution in [0.1, 0.15) is 15.9 Å². The molecule has 1 amide bonds. The molecule has 0 saturated carbocycles. The number of nitrogens with zero attached hydrogens (tertiary/aromatic N) is 2. The predicted molar refractivity (Wildman–Crippen MR) is 70.3 cm³/mol. The number of hydrogen-bond acceptors (Lipinski definition) is 4. The maximum absolute atomic E-state index is 12.0. The zero-order valence-electron chi connectivity index (χ0n) is 9.97. The molecule has 0 spiro atoms. The summed E-state index contributed by atoms with van der Waals surface area (Å²) in [6.45, 7) is 0.335.